The second-order valence-corrected chi connectivity index (χ2v) is 8.04. The topological polar surface area (TPSA) is 107 Å². The standard InChI is InChI=1S/C26H17F3N4O3/c27-26(28,29)15-5-3-14(4-6-15)20-12-30-13-21(23(20)34)25(36)32-17-7-8-18-19(10-16-2-1-9-31-16)24(35)33-22(18)11-17/h1-13,31H,(H,30,34)(H,32,36)(H,33,35). The highest BCUT2D eigenvalue weighted by Gasteiger charge is 2.30. The Morgan fingerprint density at radius 2 is 1.72 bits per heavy atom. The zero-order chi connectivity index (χ0) is 25.4. The largest absolute Gasteiger partial charge is 0.416 e. The molecule has 1 aliphatic heterocycles. The number of carbonyl (C=O) groups excluding carboxylic acids is 2. The molecule has 2 amide bonds. The lowest BCUT2D eigenvalue weighted by molar-refractivity contribution is -0.137. The van der Waals surface area contributed by atoms with Gasteiger partial charge in [0.05, 0.1) is 16.8 Å². The smallest absolute Gasteiger partial charge is 0.366 e. The number of anilines is 2. The highest BCUT2D eigenvalue weighted by atomic mass is 19.4. The van der Waals surface area contributed by atoms with Gasteiger partial charge >= 0.3 is 6.18 Å². The Morgan fingerprint density at radius 1 is 0.944 bits per heavy atom. The normalized spacial score (nSPS) is 14.0. The zero-order valence-corrected chi connectivity index (χ0v) is 18.4. The van der Waals surface area contributed by atoms with Crippen LogP contribution in [-0.2, 0) is 11.0 Å². The van der Waals surface area contributed by atoms with Crippen LogP contribution in [0.4, 0.5) is 24.5 Å². The van der Waals surface area contributed by atoms with Crippen LogP contribution in [0.25, 0.3) is 22.8 Å². The van der Waals surface area contributed by atoms with Crippen molar-refractivity contribution in [2.45, 2.75) is 6.18 Å². The second-order valence-electron chi connectivity index (χ2n) is 8.04. The Hall–Kier alpha value is -4.86. The van der Waals surface area contributed by atoms with Crippen LogP contribution in [0, 0.1) is 0 Å². The van der Waals surface area contributed by atoms with E-state index in [1.165, 1.54) is 24.5 Å². The lowest BCUT2D eigenvalue weighted by atomic mass is 10.0. The molecule has 0 atom stereocenters. The van der Waals surface area contributed by atoms with Crippen LogP contribution >= 0.6 is 0 Å². The van der Waals surface area contributed by atoms with Crippen molar-refractivity contribution in [3.05, 3.63) is 106 Å². The molecule has 36 heavy (non-hydrogen) atoms. The van der Waals surface area contributed by atoms with Gasteiger partial charge in [0.15, 0.2) is 0 Å². The van der Waals surface area contributed by atoms with Crippen LogP contribution in [0.3, 0.4) is 0 Å². The SMILES string of the molecule is O=C1Nc2cc(NC(=O)c3c[nH]cc(-c4ccc(C(F)(F)F)cc4)c3=O)ccc2C1=Cc1ccc[nH]1. The van der Waals surface area contributed by atoms with E-state index in [1.807, 2.05) is 12.1 Å². The second kappa shape index (κ2) is 8.73. The number of aromatic nitrogens is 2. The molecule has 180 valence electrons. The minimum atomic E-state index is -4.50. The van der Waals surface area contributed by atoms with E-state index in [0.29, 0.717) is 22.5 Å². The third-order valence-corrected chi connectivity index (χ3v) is 5.69. The van der Waals surface area contributed by atoms with E-state index in [0.717, 1.165) is 17.8 Å². The maximum absolute atomic E-state index is 12.9. The van der Waals surface area contributed by atoms with Gasteiger partial charge in [-0.2, -0.15) is 13.2 Å². The first-order valence-corrected chi connectivity index (χ1v) is 10.7. The van der Waals surface area contributed by atoms with Gasteiger partial charge in [0.25, 0.3) is 11.8 Å². The van der Waals surface area contributed by atoms with Crippen LogP contribution in [-0.4, -0.2) is 21.8 Å². The van der Waals surface area contributed by atoms with E-state index in [1.54, 1.807) is 30.5 Å². The van der Waals surface area contributed by atoms with E-state index in [9.17, 15) is 27.6 Å². The highest BCUT2D eigenvalue weighted by Crippen LogP contribution is 2.35. The fraction of sp³-hybridized carbons (Fsp3) is 0.0385. The number of H-pyrrole nitrogens is 2. The van der Waals surface area contributed by atoms with Gasteiger partial charge < -0.3 is 20.6 Å². The molecule has 0 saturated heterocycles. The van der Waals surface area contributed by atoms with Crippen molar-refractivity contribution in [3.8, 4) is 11.1 Å². The predicted octanol–water partition coefficient (Wildman–Crippen LogP) is 5.13. The first-order chi connectivity index (χ1) is 17.2. The number of amides is 2. The minimum Gasteiger partial charge on any atom is -0.366 e. The van der Waals surface area contributed by atoms with Crippen LogP contribution in [0.1, 0.15) is 27.2 Å². The third-order valence-electron chi connectivity index (χ3n) is 5.69. The van der Waals surface area contributed by atoms with Crippen molar-refractivity contribution in [1.82, 2.24) is 9.97 Å². The average Bonchev–Trinajstić information content (AvgIpc) is 3.46. The van der Waals surface area contributed by atoms with Gasteiger partial charge in [-0.1, -0.05) is 18.2 Å². The summed E-state index contributed by atoms with van der Waals surface area (Å²) in [5.41, 5.74) is 1.32. The quantitative estimate of drug-likeness (QED) is 0.298. The molecule has 7 nitrogen and oxygen atoms in total. The summed E-state index contributed by atoms with van der Waals surface area (Å²) in [6.07, 6.45) is 1.50. The maximum Gasteiger partial charge on any atom is 0.416 e. The number of benzene rings is 2. The maximum atomic E-state index is 12.9. The Labute approximate surface area is 201 Å². The molecule has 0 radical (unpaired) electrons. The molecule has 4 aromatic rings. The molecular formula is C26H17F3N4O3. The van der Waals surface area contributed by atoms with Crippen molar-refractivity contribution in [3.63, 3.8) is 0 Å². The summed E-state index contributed by atoms with van der Waals surface area (Å²) in [7, 11) is 0. The molecular weight excluding hydrogens is 473 g/mol. The number of alkyl halides is 3. The summed E-state index contributed by atoms with van der Waals surface area (Å²) in [5, 5.41) is 5.38. The number of hydrogen-bond acceptors (Lipinski definition) is 3. The van der Waals surface area contributed by atoms with E-state index < -0.39 is 23.1 Å². The molecule has 0 spiro atoms. The van der Waals surface area contributed by atoms with Gasteiger partial charge in [0.2, 0.25) is 5.43 Å². The van der Waals surface area contributed by atoms with Crippen LogP contribution in [0.2, 0.25) is 0 Å². The number of halogens is 3. The van der Waals surface area contributed by atoms with Gasteiger partial charge in [-0.3, -0.25) is 14.4 Å². The lowest BCUT2D eigenvalue weighted by Gasteiger charge is -2.09. The predicted molar refractivity (Wildman–Crippen MR) is 129 cm³/mol. The molecule has 3 heterocycles. The number of nitrogens with one attached hydrogen (secondary N) is 4. The fourth-order valence-electron chi connectivity index (χ4n) is 3.91. The molecule has 0 fully saturated rings. The summed E-state index contributed by atoms with van der Waals surface area (Å²) >= 11 is 0. The van der Waals surface area contributed by atoms with E-state index in [-0.39, 0.29) is 22.6 Å². The van der Waals surface area contributed by atoms with Gasteiger partial charge in [-0.25, -0.2) is 0 Å². The number of pyridine rings is 1. The highest BCUT2D eigenvalue weighted by molar-refractivity contribution is 6.35. The molecule has 0 saturated carbocycles. The molecule has 2 aromatic heterocycles. The Morgan fingerprint density at radius 3 is 2.42 bits per heavy atom. The van der Waals surface area contributed by atoms with Crippen molar-refractivity contribution in [2.75, 3.05) is 10.6 Å². The first-order valence-electron chi connectivity index (χ1n) is 10.7. The lowest BCUT2D eigenvalue weighted by Crippen LogP contribution is -2.22. The van der Waals surface area contributed by atoms with E-state index in [4.69, 9.17) is 0 Å². The number of carbonyl (C=O) groups is 2. The summed E-state index contributed by atoms with van der Waals surface area (Å²) < 4.78 is 38.5. The van der Waals surface area contributed by atoms with Gasteiger partial charge in [0.1, 0.15) is 5.56 Å². The van der Waals surface area contributed by atoms with Crippen molar-refractivity contribution in [2.24, 2.45) is 0 Å². The molecule has 0 unspecified atom stereocenters. The van der Waals surface area contributed by atoms with Crippen molar-refractivity contribution >= 4 is 34.8 Å². The Bertz CT molecular complexity index is 1570. The van der Waals surface area contributed by atoms with E-state index in [2.05, 4.69) is 20.6 Å². The molecule has 0 aliphatic carbocycles. The Balaban J connectivity index is 1.39. The molecule has 1 aliphatic rings. The first kappa shape index (κ1) is 22.9. The monoisotopic (exact) mass is 490 g/mol. The number of rotatable bonds is 4. The molecule has 2 aromatic carbocycles. The number of fused-ring (bicyclic) bond motifs is 1. The van der Waals surface area contributed by atoms with E-state index >= 15 is 0 Å². The van der Waals surface area contributed by atoms with Gasteiger partial charge in [0, 0.05) is 41.1 Å². The average molecular weight is 490 g/mol. The minimum absolute atomic E-state index is 0.0525. The molecule has 4 N–H and O–H groups in total. The fourth-order valence-corrected chi connectivity index (χ4v) is 3.91. The molecule has 0 bridgehead atoms. The Kier molecular flexibility index (Phi) is 5.56. The summed E-state index contributed by atoms with van der Waals surface area (Å²) in [5.74, 6) is -1.000. The number of hydrogen-bond donors (Lipinski definition) is 4. The van der Waals surface area contributed by atoms with Crippen molar-refractivity contribution in [1.29, 1.82) is 0 Å². The van der Waals surface area contributed by atoms with Crippen molar-refractivity contribution < 1.29 is 22.8 Å². The van der Waals surface area contributed by atoms with Gasteiger partial charge in [-0.15, -0.1) is 0 Å². The summed E-state index contributed by atoms with van der Waals surface area (Å²) in [6, 6.07) is 12.6. The van der Waals surface area contributed by atoms with Crippen LogP contribution in [0.15, 0.2) is 78.0 Å². The summed E-state index contributed by atoms with van der Waals surface area (Å²) in [6.45, 7) is 0. The summed E-state index contributed by atoms with van der Waals surface area (Å²) in [4.78, 5) is 43.9. The molecule has 10 heteroatoms. The van der Waals surface area contributed by atoms with Gasteiger partial charge in [-0.05, 0) is 48.0 Å². The van der Waals surface area contributed by atoms with Crippen LogP contribution < -0.4 is 16.1 Å². The third kappa shape index (κ3) is 4.31. The zero-order valence-electron chi connectivity index (χ0n) is 18.4. The molecule has 5 rings (SSSR count). The number of aromatic amines is 2. The van der Waals surface area contributed by atoms with Crippen LogP contribution in [0.5, 0.6) is 0 Å².